The highest BCUT2D eigenvalue weighted by atomic mass is 19.1. The van der Waals surface area contributed by atoms with Gasteiger partial charge in [-0.3, -0.25) is 4.79 Å². The summed E-state index contributed by atoms with van der Waals surface area (Å²) in [7, 11) is 0. The molecule has 1 amide bonds. The van der Waals surface area contributed by atoms with E-state index in [9.17, 15) is 9.18 Å². The molecule has 2 rings (SSSR count). The molecule has 0 aliphatic carbocycles. The van der Waals surface area contributed by atoms with Crippen molar-refractivity contribution in [2.24, 2.45) is 0 Å². The summed E-state index contributed by atoms with van der Waals surface area (Å²) in [6, 6.07) is 14.2. The molecule has 2 aromatic rings. The van der Waals surface area contributed by atoms with E-state index in [0.717, 1.165) is 5.56 Å². The number of halogens is 1. The number of benzene rings is 2. The molecule has 0 aliphatic heterocycles. The van der Waals surface area contributed by atoms with Gasteiger partial charge < -0.3 is 5.32 Å². The average Bonchev–Trinajstić information content (AvgIpc) is 2.47. The van der Waals surface area contributed by atoms with Crippen LogP contribution in [0.15, 0.2) is 48.5 Å². The first kappa shape index (κ1) is 13.8. The average molecular weight is 268 g/mol. The molecule has 4 heteroatoms. The Kier molecular flexibility index (Phi) is 4.11. The molecule has 20 heavy (non-hydrogen) atoms. The molecular formula is C16H13FN2O. The lowest BCUT2D eigenvalue weighted by molar-refractivity contribution is 0.0940. The monoisotopic (exact) mass is 268 g/mol. The zero-order valence-electron chi connectivity index (χ0n) is 10.9. The van der Waals surface area contributed by atoms with Gasteiger partial charge in [0.2, 0.25) is 0 Å². The molecule has 100 valence electrons. The van der Waals surface area contributed by atoms with Gasteiger partial charge in [0.1, 0.15) is 5.82 Å². The number of amides is 1. The number of hydrogen-bond donors (Lipinski definition) is 1. The summed E-state index contributed by atoms with van der Waals surface area (Å²) >= 11 is 0. The highest BCUT2D eigenvalue weighted by Crippen LogP contribution is 2.14. The van der Waals surface area contributed by atoms with Crippen LogP contribution in [0.1, 0.15) is 34.5 Å². The lowest BCUT2D eigenvalue weighted by Gasteiger charge is -2.14. The van der Waals surface area contributed by atoms with E-state index in [1.807, 2.05) is 13.0 Å². The Hall–Kier alpha value is -2.67. The van der Waals surface area contributed by atoms with E-state index in [2.05, 4.69) is 5.32 Å². The van der Waals surface area contributed by atoms with Crippen LogP contribution in [-0.4, -0.2) is 5.91 Å². The molecule has 2 aromatic carbocycles. The summed E-state index contributed by atoms with van der Waals surface area (Å²) in [6.45, 7) is 1.82. The van der Waals surface area contributed by atoms with Gasteiger partial charge in [0.05, 0.1) is 17.7 Å². The fourth-order valence-corrected chi connectivity index (χ4v) is 1.84. The van der Waals surface area contributed by atoms with Crippen molar-refractivity contribution in [1.82, 2.24) is 5.32 Å². The van der Waals surface area contributed by atoms with Crippen molar-refractivity contribution in [1.29, 1.82) is 5.26 Å². The summed E-state index contributed by atoms with van der Waals surface area (Å²) in [6.07, 6.45) is 0. The molecule has 0 bridgehead atoms. The maximum Gasteiger partial charge on any atom is 0.251 e. The summed E-state index contributed by atoms with van der Waals surface area (Å²) in [5, 5.41) is 11.6. The van der Waals surface area contributed by atoms with Crippen LogP contribution >= 0.6 is 0 Å². The van der Waals surface area contributed by atoms with E-state index in [-0.39, 0.29) is 17.8 Å². The topological polar surface area (TPSA) is 52.9 Å². The van der Waals surface area contributed by atoms with Gasteiger partial charge in [-0.25, -0.2) is 4.39 Å². The molecule has 3 nitrogen and oxygen atoms in total. The Morgan fingerprint density at radius 1 is 1.25 bits per heavy atom. The third-order valence-electron chi connectivity index (χ3n) is 2.97. The van der Waals surface area contributed by atoms with Gasteiger partial charge in [0.15, 0.2) is 0 Å². The van der Waals surface area contributed by atoms with Crippen LogP contribution < -0.4 is 5.32 Å². The van der Waals surface area contributed by atoms with Crippen molar-refractivity contribution in [3.05, 3.63) is 71.0 Å². The lowest BCUT2D eigenvalue weighted by atomic mass is 10.1. The van der Waals surface area contributed by atoms with Gasteiger partial charge in [-0.05, 0) is 42.8 Å². The van der Waals surface area contributed by atoms with Gasteiger partial charge >= 0.3 is 0 Å². The van der Waals surface area contributed by atoms with E-state index in [1.54, 1.807) is 30.3 Å². The molecular weight excluding hydrogens is 255 g/mol. The molecule has 0 fully saturated rings. The number of hydrogen-bond acceptors (Lipinski definition) is 2. The van der Waals surface area contributed by atoms with E-state index in [0.29, 0.717) is 11.1 Å². The smallest absolute Gasteiger partial charge is 0.251 e. The summed E-state index contributed by atoms with van der Waals surface area (Å²) in [4.78, 5) is 12.1. The van der Waals surface area contributed by atoms with E-state index < -0.39 is 0 Å². The van der Waals surface area contributed by atoms with Gasteiger partial charge in [0.25, 0.3) is 5.91 Å². The first-order valence-electron chi connectivity index (χ1n) is 6.16. The number of nitriles is 1. The molecule has 0 saturated heterocycles. The Balaban J connectivity index is 2.11. The minimum Gasteiger partial charge on any atom is -0.346 e. The molecule has 0 aliphatic rings. The Morgan fingerprint density at radius 3 is 2.60 bits per heavy atom. The van der Waals surface area contributed by atoms with Gasteiger partial charge in [-0.1, -0.05) is 18.2 Å². The van der Waals surface area contributed by atoms with Crippen LogP contribution in [0.5, 0.6) is 0 Å². The van der Waals surface area contributed by atoms with Crippen molar-refractivity contribution < 1.29 is 9.18 Å². The van der Waals surface area contributed by atoms with Crippen LogP contribution in [0.4, 0.5) is 4.39 Å². The SMILES string of the molecule is CC(NC(=O)c1cccc(C#N)c1)c1ccc(F)cc1. The van der Waals surface area contributed by atoms with Crippen molar-refractivity contribution in [2.45, 2.75) is 13.0 Å². The Morgan fingerprint density at radius 2 is 1.95 bits per heavy atom. The van der Waals surface area contributed by atoms with Gasteiger partial charge in [0, 0.05) is 5.56 Å². The molecule has 1 N–H and O–H groups in total. The molecule has 1 atom stereocenters. The minimum atomic E-state index is -0.311. The van der Waals surface area contributed by atoms with Crippen LogP contribution in [0.2, 0.25) is 0 Å². The first-order valence-corrected chi connectivity index (χ1v) is 6.16. The highest BCUT2D eigenvalue weighted by Gasteiger charge is 2.11. The normalized spacial score (nSPS) is 11.4. The minimum absolute atomic E-state index is 0.242. The van der Waals surface area contributed by atoms with Crippen LogP contribution in [0.3, 0.4) is 0 Å². The van der Waals surface area contributed by atoms with E-state index in [1.165, 1.54) is 18.2 Å². The Labute approximate surface area is 116 Å². The lowest BCUT2D eigenvalue weighted by Crippen LogP contribution is -2.26. The van der Waals surface area contributed by atoms with E-state index >= 15 is 0 Å². The van der Waals surface area contributed by atoms with Crippen molar-refractivity contribution in [3.8, 4) is 6.07 Å². The zero-order chi connectivity index (χ0) is 14.5. The predicted octanol–water partition coefficient (Wildman–Crippen LogP) is 3.19. The number of rotatable bonds is 3. The molecule has 0 aromatic heterocycles. The van der Waals surface area contributed by atoms with Crippen LogP contribution in [0, 0.1) is 17.1 Å². The Bertz CT molecular complexity index is 659. The highest BCUT2D eigenvalue weighted by molar-refractivity contribution is 5.94. The van der Waals surface area contributed by atoms with Crippen LogP contribution in [-0.2, 0) is 0 Å². The number of carbonyl (C=O) groups excluding carboxylic acids is 1. The van der Waals surface area contributed by atoms with E-state index in [4.69, 9.17) is 5.26 Å². The first-order chi connectivity index (χ1) is 9.60. The van der Waals surface area contributed by atoms with Gasteiger partial charge in [-0.15, -0.1) is 0 Å². The largest absolute Gasteiger partial charge is 0.346 e. The standard InChI is InChI=1S/C16H13FN2O/c1-11(13-5-7-15(17)8-6-13)19-16(20)14-4-2-3-12(9-14)10-18/h2-9,11H,1H3,(H,19,20). The third kappa shape index (κ3) is 3.21. The molecule has 1 unspecified atom stereocenters. The second-order valence-corrected chi connectivity index (χ2v) is 4.44. The molecule has 0 heterocycles. The second kappa shape index (κ2) is 5.98. The molecule has 0 spiro atoms. The zero-order valence-corrected chi connectivity index (χ0v) is 10.9. The summed E-state index contributed by atoms with van der Waals surface area (Å²) in [5.41, 5.74) is 1.68. The summed E-state index contributed by atoms with van der Waals surface area (Å²) < 4.78 is 12.8. The quantitative estimate of drug-likeness (QED) is 0.929. The maximum absolute atomic E-state index is 12.8. The third-order valence-corrected chi connectivity index (χ3v) is 2.97. The fraction of sp³-hybridized carbons (Fsp3) is 0.125. The van der Waals surface area contributed by atoms with Crippen molar-refractivity contribution >= 4 is 5.91 Å². The number of nitrogens with one attached hydrogen (secondary N) is 1. The number of carbonyl (C=O) groups is 1. The van der Waals surface area contributed by atoms with Gasteiger partial charge in [-0.2, -0.15) is 5.26 Å². The molecule has 0 saturated carbocycles. The fourth-order valence-electron chi connectivity index (χ4n) is 1.84. The summed E-state index contributed by atoms with van der Waals surface area (Å²) in [5.74, 6) is -0.576. The number of nitrogens with zero attached hydrogens (tertiary/aromatic N) is 1. The van der Waals surface area contributed by atoms with Crippen LogP contribution in [0.25, 0.3) is 0 Å². The molecule has 0 radical (unpaired) electrons. The predicted molar refractivity (Wildman–Crippen MR) is 73.4 cm³/mol. The maximum atomic E-state index is 12.8. The second-order valence-electron chi connectivity index (χ2n) is 4.44. The van der Waals surface area contributed by atoms with Crippen molar-refractivity contribution in [3.63, 3.8) is 0 Å². The van der Waals surface area contributed by atoms with Crippen molar-refractivity contribution in [2.75, 3.05) is 0 Å².